The van der Waals surface area contributed by atoms with E-state index in [0.29, 0.717) is 6.61 Å². The monoisotopic (exact) mass is 256 g/mol. The van der Waals surface area contributed by atoms with Gasteiger partial charge in [-0.05, 0) is 25.9 Å². The molecule has 0 radical (unpaired) electrons. The highest BCUT2D eigenvalue weighted by molar-refractivity contribution is 5.85. The Hall–Kier alpha value is -0.0300. The number of nitrogens with one attached hydrogen (secondary N) is 1. The molecule has 2 fully saturated rings. The summed E-state index contributed by atoms with van der Waals surface area (Å²) >= 11 is 0. The maximum atomic E-state index is 10.6. The minimum Gasteiger partial charge on any atom is -0.371 e. The molecule has 0 aliphatic carbocycles. The van der Waals surface area contributed by atoms with Gasteiger partial charge in [-0.1, -0.05) is 0 Å². The second-order valence-electron chi connectivity index (χ2n) is 3.86. The number of hydrogen-bond donors (Lipinski definition) is 1. The fourth-order valence-electron chi connectivity index (χ4n) is 2.15. The number of piperidine rings is 1. The second kappa shape index (κ2) is 6.53. The van der Waals surface area contributed by atoms with Crippen molar-refractivity contribution in [1.29, 1.82) is 0 Å². The van der Waals surface area contributed by atoms with Gasteiger partial charge in [0.05, 0.1) is 12.2 Å². The van der Waals surface area contributed by atoms with Crippen molar-refractivity contribution in [2.45, 2.75) is 18.4 Å². The number of morpholine rings is 1. The Morgan fingerprint density at radius 1 is 1.27 bits per heavy atom. The van der Waals surface area contributed by atoms with Crippen LogP contribution in [0.1, 0.15) is 12.8 Å². The van der Waals surface area contributed by atoms with Gasteiger partial charge in [0.25, 0.3) is 0 Å². The number of nitrogens with zero attached hydrogens (tertiary/aromatic N) is 1. The van der Waals surface area contributed by atoms with Crippen molar-refractivity contribution in [1.82, 2.24) is 10.2 Å². The fraction of sp³-hybridized carbons (Fsp3) is 0.889. The number of amides is 1. The van der Waals surface area contributed by atoms with Gasteiger partial charge in [0, 0.05) is 13.1 Å². The lowest BCUT2D eigenvalue weighted by molar-refractivity contribution is -0.144. The highest BCUT2D eigenvalue weighted by atomic mass is 35.5. The molecule has 6 heteroatoms. The Balaban J connectivity index is 0.000000980. The topological polar surface area (TPSA) is 41.6 Å². The van der Waals surface area contributed by atoms with E-state index in [0.717, 1.165) is 45.4 Å². The van der Waals surface area contributed by atoms with Gasteiger partial charge in [-0.25, -0.2) is 0 Å². The van der Waals surface area contributed by atoms with E-state index in [-0.39, 0.29) is 30.4 Å². The standard InChI is InChI=1S/C9H16N2O2.2ClH/c12-8-11-5-6-13-9(7-11)1-3-10-4-2-9;;/h8,10H,1-7H2;2*1H. The molecular weight excluding hydrogens is 239 g/mol. The molecule has 2 saturated heterocycles. The zero-order chi connectivity index (χ0) is 9.15. The summed E-state index contributed by atoms with van der Waals surface area (Å²) in [5.74, 6) is 0. The highest BCUT2D eigenvalue weighted by Crippen LogP contribution is 2.26. The smallest absolute Gasteiger partial charge is 0.209 e. The maximum Gasteiger partial charge on any atom is 0.209 e. The van der Waals surface area contributed by atoms with Gasteiger partial charge < -0.3 is 15.0 Å². The van der Waals surface area contributed by atoms with Crippen molar-refractivity contribution in [3.05, 3.63) is 0 Å². The largest absolute Gasteiger partial charge is 0.371 e. The third kappa shape index (κ3) is 3.48. The Labute approximate surface area is 103 Å². The predicted octanol–water partition coefficient (Wildman–Crippen LogP) is 0.441. The minimum atomic E-state index is -0.0373. The summed E-state index contributed by atoms with van der Waals surface area (Å²) in [5.41, 5.74) is -0.0373. The van der Waals surface area contributed by atoms with Gasteiger partial charge in [-0.2, -0.15) is 0 Å². The van der Waals surface area contributed by atoms with E-state index in [1.807, 2.05) is 4.90 Å². The number of carbonyl (C=O) groups is 1. The lowest BCUT2D eigenvalue weighted by Crippen LogP contribution is -2.55. The summed E-state index contributed by atoms with van der Waals surface area (Å²) in [6.07, 6.45) is 2.99. The Kier molecular flexibility index (Phi) is 6.52. The molecule has 1 spiro atoms. The van der Waals surface area contributed by atoms with Crippen molar-refractivity contribution in [2.75, 3.05) is 32.8 Å². The van der Waals surface area contributed by atoms with Crippen LogP contribution in [0, 0.1) is 0 Å². The Morgan fingerprint density at radius 3 is 2.53 bits per heavy atom. The molecule has 0 aromatic carbocycles. The van der Waals surface area contributed by atoms with Crippen LogP contribution < -0.4 is 5.32 Å². The van der Waals surface area contributed by atoms with Gasteiger partial charge in [-0.3, -0.25) is 4.79 Å². The van der Waals surface area contributed by atoms with Crippen LogP contribution in [-0.2, 0) is 9.53 Å². The van der Waals surface area contributed by atoms with Crippen LogP contribution in [0.5, 0.6) is 0 Å². The van der Waals surface area contributed by atoms with E-state index < -0.39 is 0 Å². The van der Waals surface area contributed by atoms with Crippen LogP contribution in [0.2, 0.25) is 0 Å². The summed E-state index contributed by atoms with van der Waals surface area (Å²) in [6, 6.07) is 0. The molecule has 90 valence electrons. The molecule has 1 amide bonds. The van der Waals surface area contributed by atoms with Crippen LogP contribution in [0.3, 0.4) is 0 Å². The zero-order valence-electron chi connectivity index (χ0n) is 8.61. The zero-order valence-corrected chi connectivity index (χ0v) is 10.2. The van der Waals surface area contributed by atoms with Crippen LogP contribution >= 0.6 is 24.8 Å². The molecule has 1 N–H and O–H groups in total. The maximum absolute atomic E-state index is 10.6. The van der Waals surface area contributed by atoms with E-state index in [9.17, 15) is 4.79 Å². The molecule has 0 bridgehead atoms. The second-order valence-corrected chi connectivity index (χ2v) is 3.86. The molecule has 4 nitrogen and oxygen atoms in total. The first-order valence-corrected chi connectivity index (χ1v) is 4.89. The summed E-state index contributed by atoms with van der Waals surface area (Å²) < 4.78 is 5.80. The fourth-order valence-corrected chi connectivity index (χ4v) is 2.15. The van der Waals surface area contributed by atoms with E-state index in [1.54, 1.807) is 0 Å². The number of rotatable bonds is 1. The van der Waals surface area contributed by atoms with Crippen LogP contribution in [0.4, 0.5) is 0 Å². The van der Waals surface area contributed by atoms with Crippen LogP contribution in [-0.4, -0.2) is 49.7 Å². The van der Waals surface area contributed by atoms with Gasteiger partial charge in [-0.15, -0.1) is 24.8 Å². The number of carbonyl (C=O) groups excluding carboxylic acids is 1. The number of ether oxygens (including phenoxy) is 1. The molecule has 2 heterocycles. The van der Waals surface area contributed by atoms with E-state index >= 15 is 0 Å². The number of halogens is 2. The van der Waals surface area contributed by atoms with Crippen LogP contribution in [0.15, 0.2) is 0 Å². The lowest BCUT2D eigenvalue weighted by Gasteiger charge is -2.43. The average molecular weight is 257 g/mol. The lowest BCUT2D eigenvalue weighted by atomic mass is 9.90. The van der Waals surface area contributed by atoms with Crippen molar-refractivity contribution >= 4 is 31.2 Å². The van der Waals surface area contributed by atoms with Crippen molar-refractivity contribution in [2.24, 2.45) is 0 Å². The first-order chi connectivity index (χ1) is 6.35. The third-order valence-corrected chi connectivity index (χ3v) is 2.94. The molecule has 0 atom stereocenters. The Bertz CT molecular complexity index is 193. The SMILES string of the molecule is Cl.Cl.O=CN1CCOC2(CCNCC2)C1. The van der Waals surface area contributed by atoms with Gasteiger partial charge in [0.2, 0.25) is 6.41 Å². The molecule has 0 saturated carbocycles. The molecule has 2 aliphatic rings. The van der Waals surface area contributed by atoms with E-state index in [1.165, 1.54) is 0 Å². The Morgan fingerprint density at radius 2 is 1.93 bits per heavy atom. The summed E-state index contributed by atoms with van der Waals surface area (Å²) in [5, 5.41) is 3.30. The summed E-state index contributed by atoms with van der Waals surface area (Å²) in [6.45, 7) is 4.23. The van der Waals surface area contributed by atoms with Crippen molar-refractivity contribution in [3.63, 3.8) is 0 Å². The normalized spacial score (nSPS) is 23.9. The first kappa shape index (κ1) is 15.0. The van der Waals surface area contributed by atoms with E-state index in [4.69, 9.17) is 4.74 Å². The van der Waals surface area contributed by atoms with Crippen molar-refractivity contribution in [3.8, 4) is 0 Å². The summed E-state index contributed by atoms with van der Waals surface area (Å²) in [4.78, 5) is 12.5. The van der Waals surface area contributed by atoms with Crippen molar-refractivity contribution < 1.29 is 9.53 Å². The van der Waals surface area contributed by atoms with Gasteiger partial charge in [0.15, 0.2) is 0 Å². The molecule has 15 heavy (non-hydrogen) atoms. The molecule has 0 aromatic rings. The van der Waals surface area contributed by atoms with Gasteiger partial charge in [0.1, 0.15) is 0 Å². The number of hydrogen-bond acceptors (Lipinski definition) is 3. The first-order valence-electron chi connectivity index (χ1n) is 4.89. The summed E-state index contributed by atoms with van der Waals surface area (Å²) in [7, 11) is 0. The van der Waals surface area contributed by atoms with E-state index in [2.05, 4.69) is 5.32 Å². The average Bonchev–Trinajstić information content (AvgIpc) is 2.19. The molecule has 2 aliphatic heterocycles. The molecular formula is C9H18Cl2N2O2. The minimum absolute atomic E-state index is 0. The van der Waals surface area contributed by atoms with Crippen LogP contribution in [0.25, 0.3) is 0 Å². The third-order valence-electron chi connectivity index (χ3n) is 2.94. The molecule has 2 rings (SSSR count). The predicted molar refractivity (Wildman–Crippen MR) is 62.9 cm³/mol. The molecule has 0 aromatic heterocycles. The molecule has 0 unspecified atom stereocenters. The van der Waals surface area contributed by atoms with Gasteiger partial charge >= 0.3 is 0 Å². The highest BCUT2D eigenvalue weighted by Gasteiger charge is 2.37. The quantitative estimate of drug-likeness (QED) is 0.693.